The van der Waals surface area contributed by atoms with E-state index in [4.69, 9.17) is 21.1 Å². The Morgan fingerprint density at radius 3 is 2.70 bits per heavy atom. The number of ketones is 1. The highest BCUT2D eigenvalue weighted by Gasteiger charge is 2.54. The molecule has 5 heterocycles. The minimum Gasteiger partial charge on any atom is -0.477 e. The van der Waals surface area contributed by atoms with Gasteiger partial charge < -0.3 is 30.8 Å². The normalized spacial score (nSPS) is 19.7. The number of carboxylic acid groups (broad SMARTS) is 1. The number of amidine groups is 1. The zero-order chi connectivity index (χ0) is 37.2. The van der Waals surface area contributed by atoms with Gasteiger partial charge in [-0.25, -0.2) is 18.7 Å². The van der Waals surface area contributed by atoms with E-state index in [9.17, 15) is 19.5 Å². The fourth-order valence-corrected chi connectivity index (χ4v) is 8.94. The van der Waals surface area contributed by atoms with Crippen molar-refractivity contribution in [3.8, 4) is 0 Å². The molecule has 1 aliphatic carbocycles. The zero-order valence-electron chi connectivity index (χ0n) is 28.8. The highest BCUT2D eigenvalue weighted by Crippen LogP contribution is 2.45. The van der Waals surface area contributed by atoms with Gasteiger partial charge in [0.05, 0.1) is 28.7 Å². The third-order valence-corrected chi connectivity index (χ3v) is 11.7. The number of β-lactam (4-membered cyclic amide) rings is 1. The fraction of sp³-hybridized carbons (Fsp3) is 0.361. The summed E-state index contributed by atoms with van der Waals surface area (Å²) in [5.41, 5.74) is 14.3. The van der Waals surface area contributed by atoms with Crippen molar-refractivity contribution in [3.63, 3.8) is 0 Å². The Bertz CT molecular complexity index is 2170. The highest BCUT2D eigenvalue weighted by molar-refractivity contribution is 8.00. The molecule has 2 atom stereocenters. The van der Waals surface area contributed by atoms with E-state index in [1.165, 1.54) is 36.3 Å². The molecule has 0 bridgehead atoms. The van der Waals surface area contributed by atoms with Gasteiger partial charge in [-0.05, 0) is 37.8 Å². The van der Waals surface area contributed by atoms with E-state index in [-0.39, 0.29) is 53.7 Å². The Kier molecular flexibility index (Phi) is 10.5. The quantitative estimate of drug-likeness (QED) is 0.0590. The van der Waals surface area contributed by atoms with Gasteiger partial charge in [-0.15, -0.1) is 23.1 Å². The maximum absolute atomic E-state index is 15.3. The van der Waals surface area contributed by atoms with Crippen LogP contribution >= 0.6 is 23.1 Å². The average molecular weight is 762 g/mol. The number of fused-ring (bicyclic) bond motifs is 2. The standard InChI is InChI=1S/C36H37FN8O6S2/c1-50-41-30(27-19-53-36(39)40-27)29(46)14-25-33(47)45-31(35(48)49)23(18-52-34(25)45)16-43-11-10-28-22(15-43)9-12-44(28)17-21-8-7-20(13-26(21)37)32(38)42-51-24-5-3-2-4-6-24/h7-13,15,19,24-25,34H,2-6,14,16-18H2,1H3,(H4-,38,39,40,42,48,49)/p+1/b41-30-/t25-,34-/m1/s1. The van der Waals surface area contributed by atoms with Crippen LogP contribution in [0.2, 0.25) is 0 Å². The Morgan fingerprint density at radius 1 is 1.17 bits per heavy atom. The highest BCUT2D eigenvalue weighted by atomic mass is 32.2. The van der Waals surface area contributed by atoms with Gasteiger partial charge in [0.25, 0.3) is 0 Å². The van der Waals surface area contributed by atoms with Crippen LogP contribution in [-0.2, 0) is 37.1 Å². The van der Waals surface area contributed by atoms with E-state index in [0.29, 0.717) is 22.5 Å². The number of Topliss-reactive ketones (excluding diaryl/α,β-unsaturated/α-hetero) is 1. The number of anilines is 1. The van der Waals surface area contributed by atoms with Gasteiger partial charge in [0.15, 0.2) is 41.4 Å². The van der Waals surface area contributed by atoms with Gasteiger partial charge >= 0.3 is 5.97 Å². The second kappa shape index (κ2) is 15.4. The van der Waals surface area contributed by atoms with Crippen LogP contribution in [0.5, 0.6) is 0 Å². The topological polar surface area (TPSA) is 192 Å². The van der Waals surface area contributed by atoms with Gasteiger partial charge in [-0.1, -0.05) is 28.9 Å². The largest absolute Gasteiger partial charge is 0.477 e. The summed E-state index contributed by atoms with van der Waals surface area (Å²) < 4.78 is 19.0. The molecule has 2 aliphatic heterocycles. The number of rotatable bonds is 13. The summed E-state index contributed by atoms with van der Waals surface area (Å²) in [4.78, 5) is 54.9. The Morgan fingerprint density at radius 2 is 1.98 bits per heavy atom. The van der Waals surface area contributed by atoms with Crippen molar-refractivity contribution in [2.24, 2.45) is 22.0 Å². The number of pyridine rings is 1. The van der Waals surface area contributed by atoms with Crippen molar-refractivity contribution < 1.29 is 38.1 Å². The third-order valence-electron chi connectivity index (χ3n) is 9.66. The number of halogens is 1. The average Bonchev–Trinajstić information content (AvgIpc) is 3.77. The van der Waals surface area contributed by atoms with Gasteiger partial charge in [-0.2, -0.15) is 0 Å². The van der Waals surface area contributed by atoms with E-state index in [1.54, 1.807) is 17.5 Å². The molecule has 17 heteroatoms. The molecular formula is C36H38FN8O6S2+. The second-order valence-electron chi connectivity index (χ2n) is 13.1. The molecule has 4 aromatic rings. The number of benzene rings is 1. The first-order valence-electron chi connectivity index (χ1n) is 17.1. The van der Waals surface area contributed by atoms with E-state index in [0.717, 1.165) is 47.9 Å². The maximum Gasteiger partial charge on any atom is 0.352 e. The van der Waals surface area contributed by atoms with Crippen molar-refractivity contribution in [2.45, 2.75) is 63.1 Å². The Labute approximate surface area is 311 Å². The number of thiazole rings is 1. The predicted octanol–water partition coefficient (Wildman–Crippen LogP) is 4.00. The molecule has 5 N–H and O–H groups in total. The summed E-state index contributed by atoms with van der Waals surface area (Å²) in [5.74, 6) is -2.75. The van der Waals surface area contributed by atoms with Crippen molar-refractivity contribution in [2.75, 3.05) is 18.6 Å². The Balaban J connectivity index is 1.02. The zero-order valence-corrected chi connectivity index (χ0v) is 30.4. The molecule has 7 rings (SSSR count). The van der Waals surface area contributed by atoms with E-state index < -0.39 is 34.8 Å². The molecule has 53 heavy (non-hydrogen) atoms. The number of nitrogens with two attached hydrogens (primary N) is 2. The molecule has 1 saturated heterocycles. The van der Waals surface area contributed by atoms with E-state index in [2.05, 4.69) is 15.3 Å². The van der Waals surface area contributed by atoms with E-state index in [1.807, 2.05) is 39.9 Å². The maximum atomic E-state index is 15.3. The molecule has 0 spiro atoms. The number of aromatic nitrogens is 3. The third kappa shape index (κ3) is 7.48. The van der Waals surface area contributed by atoms with Crippen LogP contribution in [0.25, 0.3) is 10.9 Å². The van der Waals surface area contributed by atoms with Gasteiger partial charge in [0.1, 0.15) is 30.4 Å². The number of nitrogens with zero attached hydrogens (tertiary/aromatic N) is 6. The number of aliphatic carboxylic acids is 1. The lowest BCUT2D eigenvalue weighted by molar-refractivity contribution is -0.687. The second-order valence-corrected chi connectivity index (χ2v) is 15.1. The van der Waals surface area contributed by atoms with Crippen LogP contribution in [0.1, 0.15) is 55.3 Å². The van der Waals surface area contributed by atoms with Gasteiger partial charge in [-0.3, -0.25) is 14.5 Å². The monoisotopic (exact) mass is 761 g/mol. The van der Waals surface area contributed by atoms with Crippen molar-refractivity contribution in [1.82, 2.24) is 14.5 Å². The first-order chi connectivity index (χ1) is 25.6. The molecule has 3 aromatic heterocycles. The van der Waals surface area contributed by atoms with Crippen molar-refractivity contribution in [3.05, 3.63) is 88.2 Å². The summed E-state index contributed by atoms with van der Waals surface area (Å²) in [5, 5.41) is 20.3. The number of oxime groups is 2. The molecule has 276 valence electrons. The predicted molar refractivity (Wildman–Crippen MR) is 197 cm³/mol. The van der Waals surface area contributed by atoms with Gasteiger partial charge in [0.2, 0.25) is 5.91 Å². The summed E-state index contributed by atoms with van der Waals surface area (Å²) in [6.45, 7) is 0.508. The van der Waals surface area contributed by atoms with Crippen LogP contribution in [0.3, 0.4) is 0 Å². The lowest BCUT2D eigenvalue weighted by Gasteiger charge is -2.49. The molecule has 0 radical (unpaired) electrons. The molecule has 1 aromatic carbocycles. The molecule has 2 fully saturated rings. The number of thioether (sulfide) groups is 1. The first kappa shape index (κ1) is 36.1. The minimum atomic E-state index is -1.21. The number of hydrogen-bond acceptors (Lipinski definition) is 11. The number of hydrogen-bond donors (Lipinski definition) is 3. The number of carboxylic acids is 1. The van der Waals surface area contributed by atoms with Crippen LogP contribution in [0.4, 0.5) is 9.52 Å². The summed E-state index contributed by atoms with van der Waals surface area (Å²) in [7, 11) is 1.30. The van der Waals surface area contributed by atoms with Crippen LogP contribution < -0.4 is 16.0 Å². The summed E-state index contributed by atoms with van der Waals surface area (Å²) in [6, 6.07) is 8.59. The fourth-order valence-electron chi connectivity index (χ4n) is 6.98. The van der Waals surface area contributed by atoms with Crippen LogP contribution in [-0.4, -0.2) is 73.1 Å². The first-order valence-corrected chi connectivity index (χ1v) is 19.1. The Hall–Kier alpha value is -5.29. The smallest absolute Gasteiger partial charge is 0.352 e. The SMILES string of the molecule is CO/N=C(\C(=O)C[C@@H]1C(=O)N2C(C(=O)O)=C(C[n+]3ccc4c(ccn4Cc4ccc(C(N)=NOC5CCCCC5)cc4F)c3)CS[C@H]12)c1csc(N)n1. The lowest BCUT2D eigenvalue weighted by Crippen LogP contribution is -2.62. The number of nitrogen functional groups attached to an aromatic ring is 1. The molecule has 1 saturated carbocycles. The van der Waals surface area contributed by atoms with E-state index >= 15 is 4.39 Å². The summed E-state index contributed by atoms with van der Waals surface area (Å²) >= 11 is 2.56. The number of carbonyl (C=O) groups excluding carboxylic acids is 2. The van der Waals surface area contributed by atoms with Crippen LogP contribution in [0.15, 0.2) is 75.9 Å². The molecule has 0 unspecified atom stereocenters. The molecule has 14 nitrogen and oxygen atoms in total. The van der Waals surface area contributed by atoms with Crippen molar-refractivity contribution in [1.29, 1.82) is 0 Å². The van der Waals surface area contributed by atoms with Gasteiger partial charge in [0, 0.05) is 46.5 Å². The molecule has 1 amide bonds. The van der Waals surface area contributed by atoms with Crippen LogP contribution in [0, 0.1) is 11.7 Å². The molecular weight excluding hydrogens is 724 g/mol. The number of carbonyl (C=O) groups is 3. The summed E-state index contributed by atoms with van der Waals surface area (Å²) in [6.07, 6.45) is 10.7. The lowest BCUT2D eigenvalue weighted by atomic mass is 9.89. The van der Waals surface area contributed by atoms with Crippen molar-refractivity contribution >= 4 is 68.3 Å². The minimum absolute atomic E-state index is 0.0446. The molecule has 3 aliphatic rings. The number of amides is 1.